The molecule has 2 atom stereocenters. The molecule has 0 amide bonds. The van der Waals surface area contributed by atoms with Gasteiger partial charge in [0, 0.05) is 0 Å². The van der Waals surface area contributed by atoms with Crippen molar-refractivity contribution in [1.29, 1.82) is 0 Å². The Morgan fingerprint density at radius 1 is 0.739 bits per heavy atom. The molecule has 0 aromatic heterocycles. The van der Waals surface area contributed by atoms with Crippen molar-refractivity contribution in [2.75, 3.05) is 7.11 Å². The zero-order valence-electron chi connectivity index (χ0n) is 16.4. The van der Waals surface area contributed by atoms with Crippen LogP contribution in [0.2, 0.25) is 0 Å². The Bertz CT molecular complexity index is 263. The van der Waals surface area contributed by atoms with Crippen LogP contribution in [0.4, 0.5) is 0 Å². The number of ether oxygens (including phenoxy) is 1. The summed E-state index contributed by atoms with van der Waals surface area (Å²) in [6, 6.07) is 0. The lowest BCUT2D eigenvalue weighted by molar-refractivity contribution is -0.145. The molecule has 0 spiro atoms. The maximum atomic E-state index is 11.3. The monoisotopic (exact) mass is 326 g/mol. The molecule has 0 radical (unpaired) electrons. The van der Waals surface area contributed by atoms with Crippen molar-refractivity contribution in [2.24, 2.45) is 11.8 Å². The second-order valence-corrected chi connectivity index (χ2v) is 7.43. The van der Waals surface area contributed by atoms with Crippen LogP contribution in [0.5, 0.6) is 0 Å². The Balaban J connectivity index is 3.27. The van der Waals surface area contributed by atoms with Gasteiger partial charge in [-0.25, -0.2) is 0 Å². The summed E-state index contributed by atoms with van der Waals surface area (Å²) in [6.07, 6.45) is 18.7. The number of carbonyl (C=O) groups excluding carboxylic acids is 1. The maximum absolute atomic E-state index is 11.3. The number of carbonyl (C=O) groups is 1. The third-order valence-corrected chi connectivity index (χ3v) is 4.99. The van der Waals surface area contributed by atoms with Gasteiger partial charge in [0.05, 0.1) is 13.0 Å². The van der Waals surface area contributed by atoms with Crippen molar-refractivity contribution in [3.63, 3.8) is 0 Å². The van der Waals surface area contributed by atoms with Gasteiger partial charge in [0.15, 0.2) is 0 Å². The number of hydrogen-bond acceptors (Lipinski definition) is 2. The molecule has 2 unspecified atom stereocenters. The second kappa shape index (κ2) is 16.3. The average Bonchev–Trinajstić information content (AvgIpc) is 2.55. The summed E-state index contributed by atoms with van der Waals surface area (Å²) in [5.41, 5.74) is 0. The molecule has 0 heterocycles. The van der Waals surface area contributed by atoms with Crippen molar-refractivity contribution in [3.05, 3.63) is 0 Å². The molecule has 0 aromatic rings. The average molecular weight is 327 g/mol. The lowest BCUT2D eigenvalue weighted by Gasteiger charge is -2.11. The van der Waals surface area contributed by atoms with Crippen molar-refractivity contribution in [1.82, 2.24) is 0 Å². The highest BCUT2D eigenvalue weighted by molar-refractivity contribution is 5.71. The van der Waals surface area contributed by atoms with Gasteiger partial charge in [0.25, 0.3) is 0 Å². The van der Waals surface area contributed by atoms with Crippen LogP contribution in [-0.2, 0) is 9.53 Å². The van der Waals surface area contributed by atoms with Crippen molar-refractivity contribution in [2.45, 2.75) is 111 Å². The van der Waals surface area contributed by atoms with Gasteiger partial charge < -0.3 is 4.74 Å². The van der Waals surface area contributed by atoms with Crippen LogP contribution in [0, 0.1) is 11.8 Å². The molecule has 2 nitrogen and oxygen atoms in total. The van der Waals surface area contributed by atoms with Crippen LogP contribution < -0.4 is 0 Å². The van der Waals surface area contributed by atoms with Crippen molar-refractivity contribution >= 4 is 5.97 Å². The summed E-state index contributed by atoms with van der Waals surface area (Å²) in [4.78, 5) is 11.3. The van der Waals surface area contributed by atoms with E-state index in [1.807, 2.05) is 6.92 Å². The summed E-state index contributed by atoms with van der Waals surface area (Å²) in [6.45, 7) is 6.67. The van der Waals surface area contributed by atoms with E-state index in [-0.39, 0.29) is 11.9 Å². The van der Waals surface area contributed by atoms with E-state index in [9.17, 15) is 4.79 Å². The molecule has 0 aliphatic heterocycles. The van der Waals surface area contributed by atoms with E-state index in [4.69, 9.17) is 4.74 Å². The minimum Gasteiger partial charge on any atom is -0.469 e. The quantitative estimate of drug-likeness (QED) is 0.227. The number of unbranched alkanes of at least 4 members (excludes halogenated alkanes) is 9. The van der Waals surface area contributed by atoms with Crippen LogP contribution >= 0.6 is 0 Å². The number of rotatable bonds is 16. The lowest BCUT2D eigenvalue weighted by Crippen LogP contribution is -2.12. The molecule has 0 saturated heterocycles. The molecule has 0 aliphatic carbocycles. The van der Waals surface area contributed by atoms with E-state index in [1.54, 1.807) is 0 Å². The zero-order chi connectivity index (χ0) is 17.3. The number of esters is 1. The van der Waals surface area contributed by atoms with Crippen molar-refractivity contribution in [3.8, 4) is 0 Å². The van der Waals surface area contributed by atoms with Gasteiger partial charge >= 0.3 is 5.97 Å². The van der Waals surface area contributed by atoms with Gasteiger partial charge in [-0.2, -0.15) is 0 Å². The van der Waals surface area contributed by atoms with Gasteiger partial charge in [-0.05, 0) is 12.3 Å². The first kappa shape index (κ1) is 22.5. The predicted octanol–water partition coefficient (Wildman–Crippen LogP) is 6.91. The minimum absolute atomic E-state index is 0.0614. The molecule has 0 N–H and O–H groups in total. The second-order valence-electron chi connectivity index (χ2n) is 7.43. The Labute approximate surface area is 145 Å². The van der Waals surface area contributed by atoms with Gasteiger partial charge in [0.2, 0.25) is 0 Å². The summed E-state index contributed by atoms with van der Waals surface area (Å²) in [5, 5.41) is 0. The fourth-order valence-corrected chi connectivity index (χ4v) is 3.21. The standard InChI is InChI=1S/C21H42O2/c1-5-6-7-10-13-16-19(2)17-14-11-8-9-12-15-18-20(3)21(22)23-4/h19-20H,5-18H2,1-4H3. The fraction of sp³-hybridized carbons (Fsp3) is 0.952. The molecule has 138 valence electrons. The molecule has 2 heteroatoms. The molecule has 0 aromatic carbocycles. The summed E-state index contributed by atoms with van der Waals surface area (Å²) in [7, 11) is 1.48. The van der Waals surface area contributed by atoms with Crippen LogP contribution in [0.25, 0.3) is 0 Å². The largest absolute Gasteiger partial charge is 0.469 e. The Kier molecular flexibility index (Phi) is 16.0. The van der Waals surface area contributed by atoms with Crippen LogP contribution in [0.1, 0.15) is 111 Å². The highest BCUT2D eigenvalue weighted by atomic mass is 16.5. The third kappa shape index (κ3) is 14.8. The first-order chi connectivity index (χ1) is 11.1. The van der Waals surface area contributed by atoms with Gasteiger partial charge in [-0.3, -0.25) is 4.79 Å². The Morgan fingerprint density at radius 3 is 1.65 bits per heavy atom. The molecule has 0 bridgehead atoms. The van der Waals surface area contributed by atoms with Crippen LogP contribution in [-0.4, -0.2) is 13.1 Å². The normalized spacial score (nSPS) is 13.7. The summed E-state index contributed by atoms with van der Waals surface area (Å²) >= 11 is 0. The smallest absolute Gasteiger partial charge is 0.308 e. The van der Waals surface area contributed by atoms with E-state index >= 15 is 0 Å². The van der Waals surface area contributed by atoms with Gasteiger partial charge in [-0.1, -0.05) is 104 Å². The predicted molar refractivity (Wildman–Crippen MR) is 101 cm³/mol. The van der Waals surface area contributed by atoms with E-state index in [0.29, 0.717) is 0 Å². The SMILES string of the molecule is CCCCCCCC(C)CCCCCCCCC(C)C(=O)OC. The molecule has 23 heavy (non-hydrogen) atoms. The third-order valence-electron chi connectivity index (χ3n) is 4.99. The molecule has 0 fully saturated rings. The summed E-state index contributed by atoms with van der Waals surface area (Å²) < 4.78 is 4.75. The molecule has 0 rings (SSSR count). The van der Waals surface area contributed by atoms with E-state index < -0.39 is 0 Å². The highest BCUT2D eigenvalue weighted by Gasteiger charge is 2.11. The molecule has 0 aliphatic rings. The van der Waals surface area contributed by atoms with E-state index in [0.717, 1.165) is 18.8 Å². The summed E-state index contributed by atoms with van der Waals surface area (Å²) in [5.74, 6) is 0.921. The first-order valence-electron chi connectivity index (χ1n) is 10.2. The highest BCUT2D eigenvalue weighted by Crippen LogP contribution is 2.19. The lowest BCUT2D eigenvalue weighted by atomic mass is 9.95. The Hall–Kier alpha value is -0.530. The fourth-order valence-electron chi connectivity index (χ4n) is 3.21. The zero-order valence-corrected chi connectivity index (χ0v) is 16.4. The maximum Gasteiger partial charge on any atom is 0.308 e. The number of methoxy groups -OCH3 is 1. The van der Waals surface area contributed by atoms with E-state index in [2.05, 4.69) is 13.8 Å². The van der Waals surface area contributed by atoms with Gasteiger partial charge in [-0.15, -0.1) is 0 Å². The Morgan fingerprint density at radius 2 is 1.17 bits per heavy atom. The van der Waals surface area contributed by atoms with Gasteiger partial charge in [0.1, 0.15) is 0 Å². The topological polar surface area (TPSA) is 26.3 Å². The first-order valence-corrected chi connectivity index (χ1v) is 10.2. The molecular weight excluding hydrogens is 284 g/mol. The van der Waals surface area contributed by atoms with E-state index in [1.165, 1.54) is 84.2 Å². The number of hydrogen-bond donors (Lipinski definition) is 0. The van der Waals surface area contributed by atoms with Crippen LogP contribution in [0.3, 0.4) is 0 Å². The van der Waals surface area contributed by atoms with Crippen LogP contribution in [0.15, 0.2) is 0 Å². The molecule has 0 saturated carbocycles. The minimum atomic E-state index is -0.0614. The molecular formula is C21H42O2. The van der Waals surface area contributed by atoms with Crippen molar-refractivity contribution < 1.29 is 9.53 Å².